The van der Waals surface area contributed by atoms with Crippen LogP contribution in [0.5, 0.6) is 0 Å². The van der Waals surface area contributed by atoms with E-state index in [1.165, 1.54) is 0 Å². The molecule has 1 aromatic carbocycles. The molecular weight excluding hydrogens is 438 g/mol. The minimum Gasteiger partial charge on any atom is -0.394 e. The number of hydrogen-bond donors (Lipinski definition) is 3. The lowest BCUT2D eigenvalue weighted by Gasteiger charge is -2.39. The van der Waals surface area contributed by atoms with Gasteiger partial charge in [-0.2, -0.15) is 0 Å². The molecule has 4 rings (SSSR count). The molecule has 3 fully saturated rings. The van der Waals surface area contributed by atoms with Gasteiger partial charge in [0.1, 0.15) is 6.04 Å². The van der Waals surface area contributed by atoms with Crippen LogP contribution in [0.1, 0.15) is 26.7 Å². The molecule has 7 atom stereocenters. The fraction of sp³-hybridized carbons (Fsp3) is 0.591. The Bertz CT molecular complexity index is 893. The van der Waals surface area contributed by atoms with Gasteiger partial charge in [-0.3, -0.25) is 14.4 Å². The van der Waals surface area contributed by atoms with Crippen molar-refractivity contribution in [3.8, 4) is 0 Å². The number of thioether (sulfide) groups is 1. The molecule has 3 saturated heterocycles. The van der Waals surface area contributed by atoms with Crippen molar-refractivity contribution in [2.45, 2.75) is 48.8 Å². The summed E-state index contributed by atoms with van der Waals surface area (Å²) < 4.78 is -0.696. The molecule has 0 saturated carbocycles. The van der Waals surface area contributed by atoms with Crippen LogP contribution in [0.3, 0.4) is 0 Å². The standard InChI is InChI=1S/C22H28ClN3O4S/c1-4-14(10-27)26-18(20(29)25-13-7-5-12(23)6-8-13)22-11(2)9-15(31-22)16(19(28)24-3)17(22)21(26)30/h5-8,11,14-18,27H,4,9-10H2,1-3H3,(H,24,28)(H,25,29)/t11?,14-,15+,16-,17-,18?,22?/m0/s1. The first-order chi connectivity index (χ1) is 14.8. The van der Waals surface area contributed by atoms with E-state index in [1.807, 2.05) is 6.92 Å². The van der Waals surface area contributed by atoms with Gasteiger partial charge in [0.25, 0.3) is 0 Å². The van der Waals surface area contributed by atoms with E-state index in [0.717, 1.165) is 6.42 Å². The summed E-state index contributed by atoms with van der Waals surface area (Å²) in [7, 11) is 1.58. The van der Waals surface area contributed by atoms with Gasteiger partial charge in [0.15, 0.2) is 0 Å². The van der Waals surface area contributed by atoms with Crippen molar-refractivity contribution in [2.75, 3.05) is 19.0 Å². The molecule has 0 aromatic heterocycles. The van der Waals surface area contributed by atoms with Crippen LogP contribution < -0.4 is 10.6 Å². The molecule has 2 bridgehead atoms. The van der Waals surface area contributed by atoms with Gasteiger partial charge in [-0.05, 0) is 43.0 Å². The summed E-state index contributed by atoms with van der Waals surface area (Å²) in [4.78, 5) is 41.7. The maximum Gasteiger partial charge on any atom is 0.248 e. The molecule has 7 nitrogen and oxygen atoms in total. The number of aliphatic hydroxyl groups is 1. The first kappa shape index (κ1) is 22.4. The molecule has 1 spiro atoms. The van der Waals surface area contributed by atoms with Crippen LogP contribution in [-0.4, -0.2) is 63.5 Å². The maximum absolute atomic E-state index is 13.7. The van der Waals surface area contributed by atoms with Gasteiger partial charge in [0.05, 0.1) is 29.2 Å². The van der Waals surface area contributed by atoms with E-state index in [-0.39, 0.29) is 35.5 Å². The molecule has 3 N–H and O–H groups in total. The molecule has 0 aliphatic carbocycles. The largest absolute Gasteiger partial charge is 0.394 e. The van der Waals surface area contributed by atoms with Gasteiger partial charge in [-0.15, -0.1) is 11.8 Å². The Labute approximate surface area is 191 Å². The number of rotatable bonds is 6. The van der Waals surface area contributed by atoms with E-state index < -0.39 is 28.7 Å². The number of nitrogens with one attached hydrogen (secondary N) is 2. The Hall–Kier alpha value is -1.77. The highest BCUT2D eigenvalue weighted by molar-refractivity contribution is 8.02. The number of halogens is 1. The highest BCUT2D eigenvalue weighted by atomic mass is 35.5. The van der Waals surface area contributed by atoms with Crippen LogP contribution in [0.4, 0.5) is 5.69 Å². The molecule has 1 aromatic rings. The summed E-state index contributed by atoms with van der Waals surface area (Å²) in [5, 5.41) is 16.2. The van der Waals surface area contributed by atoms with E-state index >= 15 is 0 Å². The average molecular weight is 466 g/mol. The molecule has 3 aliphatic rings. The van der Waals surface area contributed by atoms with Gasteiger partial charge < -0.3 is 20.6 Å². The monoisotopic (exact) mass is 465 g/mol. The number of nitrogens with zero attached hydrogens (tertiary/aromatic N) is 1. The van der Waals surface area contributed by atoms with Crippen molar-refractivity contribution in [1.82, 2.24) is 10.2 Å². The molecule has 3 aliphatic heterocycles. The third kappa shape index (κ3) is 3.26. The first-order valence-corrected chi connectivity index (χ1v) is 11.9. The summed E-state index contributed by atoms with van der Waals surface area (Å²) in [6.45, 7) is 3.72. The van der Waals surface area contributed by atoms with Crippen molar-refractivity contribution in [3.05, 3.63) is 29.3 Å². The Morgan fingerprint density at radius 3 is 2.58 bits per heavy atom. The van der Waals surface area contributed by atoms with Crippen LogP contribution in [0.15, 0.2) is 24.3 Å². The Morgan fingerprint density at radius 1 is 1.32 bits per heavy atom. The summed E-state index contributed by atoms with van der Waals surface area (Å²) in [6.07, 6.45) is 1.30. The van der Waals surface area contributed by atoms with Crippen LogP contribution in [0.2, 0.25) is 5.02 Å². The first-order valence-electron chi connectivity index (χ1n) is 10.7. The summed E-state index contributed by atoms with van der Waals surface area (Å²) in [6, 6.07) is 5.58. The van der Waals surface area contributed by atoms with Crippen LogP contribution >= 0.6 is 23.4 Å². The van der Waals surface area contributed by atoms with E-state index in [0.29, 0.717) is 17.1 Å². The van der Waals surface area contributed by atoms with Crippen LogP contribution in [-0.2, 0) is 14.4 Å². The van der Waals surface area contributed by atoms with Crippen molar-refractivity contribution < 1.29 is 19.5 Å². The maximum atomic E-state index is 13.7. The van der Waals surface area contributed by atoms with Crippen molar-refractivity contribution >= 4 is 46.8 Å². The SMILES string of the molecule is CC[C@@H](CO)N1C(=O)[C@@H]2[C@@H](C(=O)NC)[C@H]3CC(C)C2(S3)C1C(=O)Nc1ccc(Cl)cc1. The fourth-order valence-electron chi connectivity index (χ4n) is 5.78. The number of aliphatic hydroxyl groups excluding tert-OH is 1. The predicted molar refractivity (Wildman–Crippen MR) is 121 cm³/mol. The van der Waals surface area contributed by atoms with E-state index in [1.54, 1.807) is 48.0 Å². The average Bonchev–Trinajstić information content (AvgIpc) is 3.34. The summed E-state index contributed by atoms with van der Waals surface area (Å²) >= 11 is 7.58. The van der Waals surface area contributed by atoms with E-state index in [2.05, 4.69) is 17.6 Å². The van der Waals surface area contributed by atoms with E-state index in [9.17, 15) is 19.5 Å². The second-order valence-electron chi connectivity index (χ2n) is 8.65. The number of carbonyl (C=O) groups is 3. The topological polar surface area (TPSA) is 98.7 Å². The molecule has 3 unspecified atom stereocenters. The van der Waals surface area contributed by atoms with Crippen molar-refractivity contribution in [2.24, 2.45) is 17.8 Å². The second kappa shape index (κ2) is 8.30. The predicted octanol–water partition coefficient (Wildman–Crippen LogP) is 2.13. The summed E-state index contributed by atoms with van der Waals surface area (Å²) in [5.41, 5.74) is 0.590. The Balaban J connectivity index is 1.78. The number of anilines is 1. The fourth-order valence-corrected chi connectivity index (χ4v) is 8.31. The van der Waals surface area contributed by atoms with Gasteiger partial charge in [0.2, 0.25) is 17.7 Å². The number of benzene rings is 1. The molecule has 9 heteroatoms. The number of fused-ring (bicyclic) bond motifs is 1. The quantitative estimate of drug-likeness (QED) is 0.597. The number of carbonyl (C=O) groups excluding carboxylic acids is 3. The zero-order valence-corrected chi connectivity index (χ0v) is 19.4. The third-order valence-electron chi connectivity index (χ3n) is 7.17. The minimum absolute atomic E-state index is 0.00563. The van der Waals surface area contributed by atoms with Crippen molar-refractivity contribution in [1.29, 1.82) is 0 Å². The Kier molecular flexibility index (Phi) is 6.00. The van der Waals surface area contributed by atoms with Crippen LogP contribution in [0, 0.1) is 17.8 Å². The zero-order valence-electron chi connectivity index (χ0n) is 17.8. The molecule has 31 heavy (non-hydrogen) atoms. The second-order valence-corrected chi connectivity index (χ2v) is 10.6. The van der Waals surface area contributed by atoms with Crippen molar-refractivity contribution in [3.63, 3.8) is 0 Å². The molecular formula is C22H28ClN3O4S. The highest BCUT2D eigenvalue weighted by Crippen LogP contribution is 2.68. The summed E-state index contributed by atoms with van der Waals surface area (Å²) in [5.74, 6) is -1.60. The van der Waals surface area contributed by atoms with Crippen LogP contribution in [0.25, 0.3) is 0 Å². The highest BCUT2D eigenvalue weighted by Gasteiger charge is 2.76. The number of likely N-dealkylation sites (tertiary alicyclic amines) is 1. The molecule has 3 heterocycles. The smallest absolute Gasteiger partial charge is 0.248 e. The minimum atomic E-state index is -0.766. The van der Waals surface area contributed by atoms with Gasteiger partial charge in [-0.1, -0.05) is 25.4 Å². The van der Waals surface area contributed by atoms with E-state index in [4.69, 9.17) is 11.6 Å². The normalized spacial score (nSPS) is 34.5. The lowest BCUT2D eigenvalue weighted by molar-refractivity contribution is -0.142. The zero-order chi connectivity index (χ0) is 22.5. The Morgan fingerprint density at radius 2 is 2.00 bits per heavy atom. The molecule has 3 amide bonds. The lowest BCUT2D eigenvalue weighted by Crippen LogP contribution is -2.57. The van der Waals surface area contributed by atoms with Gasteiger partial charge in [-0.25, -0.2) is 0 Å². The lowest BCUT2D eigenvalue weighted by atomic mass is 9.66. The van der Waals surface area contributed by atoms with Gasteiger partial charge in [0, 0.05) is 23.0 Å². The molecule has 168 valence electrons. The van der Waals surface area contributed by atoms with Gasteiger partial charge >= 0.3 is 0 Å². The molecule has 0 radical (unpaired) electrons. The number of amides is 3. The number of hydrogen-bond acceptors (Lipinski definition) is 5. The third-order valence-corrected chi connectivity index (χ3v) is 9.50.